The SMILES string of the molecule is CC(C)[C@H](NS(=O)(=O)c1ccc2ccccc2c1)C(=O)NCCNc1ccccc1[N+](=O)[O-]. The predicted molar refractivity (Wildman–Crippen MR) is 127 cm³/mol. The Morgan fingerprint density at radius 2 is 1.64 bits per heavy atom. The molecule has 0 fully saturated rings. The van der Waals surface area contributed by atoms with Gasteiger partial charge in [0.1, 0.15) is 11.7 Å². The third-order valence-electron chi connectivity index (χ3n) is 5.10. The molecule has 0 aliphatic carbocycles. The number of amides is 1. The van der Waals surface area contributed by atoms with Crippen molar-refractivity contribution in [2.45, 2.75) is 24.8 Å². The number of benzene rings is 3. The summed E-state index contributed by atoms with van der Waals surface area (Å²) in [6, 6.07) is 17.5. The second kappa shape index (κ2) is 10.4. The lowest BCUT2D eigenvalue weighted by atomic mass is 10.1. The molecule has 0 saturated carbocycles. The van der Waals surface area contributed by atoms with Gasteiger partial charge in [0.15, 0.2) is 0 Å². The van der Waals surface area contributed by atoms with E-state index in [-0.39, 0.29) is 29.6 Å². The molecule has 33 heavy (non-hydrogen) atoms. The van der Waals surface area contributed by atoms with E-state index in [1.807, 2.05) is 24.3 Å². The van der Waals surface area contributed by atoms with Gasteiger partial charge in [0.05, 0.1) is 9.82 Å². The van der Waals surface area contributed by atoms with Crippen LogP contribution in [0.5, 0.6) is 0 Å². The van der Waals surface area contributed by atoms with E-state index in [9.17, 15) is 23.3 Å². The molecule has 0 heterocycles. The molecule has 0 saturated heterocycles. The van der Waals surface area contributed by atoms with Gasteiger partial charge in [-0.3, -0.25) is 14.9 Å². The Kier molecular flexibility index (Phi) is 7.62. The van der Waals surface area contributed by atoms with Crippen LogP contribution >= 0.6 is 0 Å². The number of rotatable bonds is 10. The molecule has 9 nitrogen and oxygen atoms in total. The Morgan fingerprint density at radius 3 is 2.33 bits per heavy atom. The van der Waals surface area contributed by atoms with Gasteiger partial charge in [0, 0.05) is 19.2 Å². The highest BCUT2D eigenvalue weighted by atomic mass is 32.2. The molecule has 0 aromatic heterocycles. The molecule has 0 aliphatic rings. The van der Waals surface area contributed by atoms with Gasteiger partial charge in [0.25, 0.3) is 5.69 Å². The van der Waals surface area contributed by atoms with Crippen molar-refractivity contribution in [2.24, 2.45) is 5.92 Å². The smallest absolute Gasteiger partial charge is 0.292 e. The van der Waals surface area contributed by atoms with Crippen LogP contribution in [0.1, 0.15) is 13.8 Å². The zero-order valence-electron chi connectivity index (χ0n) is 18.3. The van der Waals surface area contributed by atoms with Crippen LogP contribution in [-0.4, -0.2) is 38.4 Å². The van der Waals surface area contributed by atoms with Crippen LogP contribution in [0.15, 0.2) is 71.6 Å². The number of nitro groups is 1. The molecule has 1 amide bonds. The second-order valence-corrected chi connectivity index (χ2v) is 9.56. The lowest BCUT2D eigenvalue weighted by Gasteiger charge is -2.22. The average molecular weight is 471 g/mol. The molecule has 3 aromatic rings. The molecule has 10 heteroatoms. The molecular weight excluding hydrogens is 444 g/mol. The molecule has 3 aromatic carbocycles. The number of carbonyl (C=O) groups is 1. The predicted octanol–water partition coefficient (Wildman–Crippen LogP) is 3.28. The Balaban J connectivity index is 1.63. The third kappa shape index (κ3) is 6.05. The van der Waals surface area contributed by atoms with Crippen LogP contribution < -0.4 is 15.4 Å². The van der Waals surface area contributed by atoms with E-state index in [1.165, 1.54) is 12.1 Å². The first-order valence-corrected chi connectivity index (χ1v) is 11.9. The summed E-state index contributed by atoms with van der Waals surface area (Å²) in [5.74, 6) is -0.776. The number of fused-ring (bicyclic) bond motifs is 1. The van der Waals surface area contributed by atoms with Crippen molar-refractivity contribution in [3.8, 4) is 0 Å². The maximum Gasteiger partial charge on any atom is 0.292 e. The summed E-state index contributed by atoms with van der Waals surface area (Å²) in [4.78, 5) is 23.4. The van der Waals surface area contributed by atoms with Gasteiger partial charge in [-0.25, -0.2) is 8.42 Å². The minimum atomic E-state index is -3.93. The number of hydrogen-bond acceptors (Lipinski definition) is 6. The first-order valence-electron chi connectivity index (χ1n) is 10.4. The Bertz CT molecular complexity index is 1260. The number of hydrogen-bond donors (Lipinski definition) is 3. The zero-order chi connectivity index (χ0) is 24.0. The Morgan fingerprint density at radius 1 is 0.970 bits per heavy atom. The second-order valence-electron chi connectivity index (χ2n) is 7.84. The van der Waals surface area contributed by atoms with Gasteiger partial charge in [-0.15, -0.1) is 0 Å². The van der Waals surface area contributed by atoms with E-state index >= 15 is 0 Å². The van der Waals surface area contributed by atoms with E-state index in [1.54, 1.807) is 44.2 Å². The lowest BCUT2D eigenvalue weighted by Crippen LogP contribution is -2.50. The Labute approximate surface area is 192 Å². The maximum absolute atomic E-state index is 12.9. The van der Waals surface area contributed by atoms with E-state index in [0.717, 1.165) is 10.8 Å². The first kappa shape index (κ1) is 24.1. The fourth-order valence-electron chi connectivity index (χ4n) is 3.34. The van der Waals surface area contributed by atoms with Crippen LogP contribution in [0.25, 0.3) is 10.8 Å². The number of nitrogens with one attached hydrogen (secondary N) is 3. The fourth-order valence-corrected chi connectivity index (χ4v) is 4.72. The number of sulfonamides is 1. The highest BCUT2D eigenvalue weighted by Crippen LogP contribution is 2.23. The Hall–Kier alpha value is -3.50. The molecule has 3 rings (SSSR count). The zero-order valence-corrected chi connectivity index (χ0v) is 19.1. The van der Waals surface area contributed by atoms with Crippen LogP contribution in [0.4, 0.5) is 11.4 Å². The van der Waals surface area contributed by atoms with E-state index in [4.69, 9.17) is 0 Å². The molecule has 1 atom stereocenters. The van der Waals surface area contributed by atoms with Crippen LogP contribution in [0.3, 0.4) is 0 Å². The van der Waals surface area contributed by atoms with Gasteiger partial charge in [-0.05, 0) is 34.9 Å². The monoisotopic (exact) mass is 470 g/mol. The molecule has 0 radical (unpaired) electrons. The highest BCUT2D eigenvalue weighted by molar-refractivity contribution is 7.89. The topological polar surface area (TPSA) is 130 Å². The molecule has 3 N–H and O–H groups in total. The first-order chi connectivity index (χ1) is 15.7. The number of nitrogens with zero attached hydrogens (tertiary/aromatic N) is 1. The molecule has 174 valence electrons. The van der Waals surface area contributed by atoms with Crippen molar-refractivity contribution >= 4 is 38.1 Å². The van der Waals surface area contributed by atoms with Crippen molar-refractivity contribution in [1.29, 1.82) is 0 Å². The quantitative estimate of drug-likeness (QED) is 0.237. The van der Waals surface area contributed by atoms with E-state index in [2.05, 4.69) is 15.4 Å². The normalized spacial score (nSPS) is 12.5. The van der Waals surface area contributed by atoms with Crippen LogP contribution in [0, 0.1) is 16.0 Å². The minimum absolute atomic E-state index is 0.0629. The minimum Gasteiger partial charge on any atom is -0.378 e. The van der Waals surface area contributed by atoms with Crippen molar-refractivity contribution in [3.05, 3.63) is 76.8 Å². The van der Waals surface area contributed by atoms with Crippen molar-refractivity contribution in [1.82, 2.24) is 10.0 Å². The summed E-state index contributed by atoms with van der Waals surface area (Å²) in [6.07, 6.45) is 0. The number of para-hydroxylation sites is 2. The van der Waals surface area contributed by atoms with Gasteiger partial charge >= 0.3 is 0 Å². The largest absolute Gasteiger partial charge is 0.378 e. The molecular formula is C23H26N4O5S. The number of anilines is 1. The van der Waals surface area contributed by atoms with Crippen molar-refractivity contribution in [2.75, 3.05) is 18.4 Å². The van der Waals surface area contributed by atoms with E-state index in [0.29, 0.717) is 5.69 Å². The third-order valence-corrected chi connectivity index (χ3v) is 6.54. The molecule has 0 bridgehead atoms. The van der Waals surface area contributed by atoms with Gasteiger partial charge < -0.3 is 10.6 Å². The standard InChI is InChI=1S/C23H26N4O5S/c1-16(2)22(23(28)25-14-13-24-20-9-5-6-10-21(20)27(29)30)26-33(31,32)19-12-11-17-7-3-4-8-18(17)15-19/h3-12,15-16,22,24,26H,13-14H2,1-2H3,(H,25,28)/t22-/m0/s1. The highest BCUT2D eigenvalue weighted by Gasteiger charge is 2.28. The lowest BCUT2D eigenvalue weighted by molar-refractivity contribution is -0.384. The number of carbonyl (C=O) groups excluding carboxylic acids is 1. The van der Waals surface area contributed by atoms with Gasteiger partial charge in [-0.1, -0.05) is 56.3 Å². The molecule has 0 spiro atoms. The molecule has 0 unspecified atom stereocenters. The number of nitro benzene ring substituents is 1. The summed E-state index contributed by atoms with van der Waals surface area (Å²) in [5, 5.41) is 18.4. The van der Waals surface area contributed by atoms with Gasteiger partial charge in [0.2, 0.25) is 15.9 Å². The fraction of sp³-hybridized carbons (Fsp3) is 0.261. The maximum atomic E-state index is 12.9. The van der Waals surface area contributed by atoms with Crippen molar-refractivity contribution in [3.63, 3.8) is 0 Å². The summed E-state index contributed by atoms with van der Waals surface area (Å²) >= 11 is 0. The van der Waals surface area contributed by atoms with Crippen LogP contribution in [0.2, 0.25) is 0 Å². The summed E-state index contributed by atoms with van der Waals surface area (Å²) in [5.41, 5.74) is 0.279. The van der Waals surface area contributed by atoms with Crippen LogP contribution in [-0.2, 0) is 14.8 Å². The van der Waals surface area contributed by atoms with Gasteiger partial charge in [-0.2, -0.15) is 4.72 Å². The average Bonchev–Trinajstić information content (AvgIpc) is 2.79. The summed E-state index contributed by atoms with van der Waals surface area (Å²) < 4.78 is 28.4. The molecule has 0 aliphatic heterocycles. The van der Waals surface area contributed by atoms with Crippen molar-refractivity contribution < 1.29 is 18.1 Å². The summed E-state index contributed by atoms with van der Waals surface area (Å²) in [6.45, 7) is 3.89. The summed E-state index contributed by atoms with van der Waals surface area (Å²) in [7, 11) is -3.93. The van der Waals surface area contributed by atoms with E-state index < -0.39 is 26.9 Å².